The zero-order valence-corrected chi connectivity index (χ0v) is 11.7. The first-order chi connectivity index (χ1) is 8.60. The molecule has 1 aromatic carbocycles. The minimum atomic E-state index is 0.179. The molecule has 0 aliphatic carbocycles. The topological polar surface area (TPSA) is 35.5 Å². The van der Waals surface area contributed by atoms with Gasteiger partial charge in [-0.1, -0.05) is 0 Å². The fraction of sp³-hybridized carbons (Fsp3) is 0.533. The van der Waals surface area contributed by atoms with E-state index in [1.165, 1.54) is 0 Å². The summed E-state index contributed by atoms with van der Waals surface area (Å²) in [4.78, 5) is 12.1. The van der Waals surface area contributed by atoms with E-state index < -0.39 is 0 Å². The monoisotopic (exact) mass is 250 g/mol. The minimum absolute atomic E-state index is 0.179. The van der Waals surface area contributed by atoms with Crippen LogP contribution in [0.25, 0.3) is 0 Å². The van der Waals surface area contributed by atoms with E-state index in [4.69, 9.17) is 9.47 Å². The molecule has 0 heterocycles. The van der Waals surface area contributed by atoms with Crippen molar-refractivity contribution in [2.24, 2.45) is 0 Å². The number of Topliss-reactive ketones (excluding diaryl/α,β-unsaturated/α-hetero) is 1. The second kappa shape index (κ2) is 7.17. The molecule has 0 radical (unpaired) electrons. The van der Waals surface area contributed by atoms with Gasteiger partial charge in [-0.2, -0.15) is 0 Å². The van der Waals surface area contributed by atoms with Gasteiger partial charge in [0, 0.05) is 25.2 Å². The third-order valence-corrected chi connectivity index (χ3v) is 2.94. The van der Waals surface area contributed by atoms with E-state index in [1.54, 1.807) is 7.11 Å². The molecule has 100 valence electrons. The Kier molecular flexibility index (Phi) is 5.86. The standard InChI is InChI=1S/C15H22O3/c1-5-18-8-6-7-14(16)13-9-12(3)15(17-4)10-11(13)2/h9-10H,5-8H2,1-4H3. The summed E-state index contributed by atoms with van der Waals surface area (Å²) in [5.74, 6) is 1.01. The van der Waals surface area contributed by atoms with E-state index in [1.807, 2.05) is 32.9 Å². The Labute approximate surface area is 109 Å². The van der Waals surface area contributed by atoms with Crippen LogP contribution in [-0.4, -0.2) is 26.1 Å². The van der Waals surface area contributed by atoms with Gasteiger partial charge in [0.15, 0.2) is 5.78 Å². The zero-order valence-electron chi connectivity index (χ0n) is 11.7. The highest BCUT2D eigenvalue weighted by atomic mass is 16.5. The maximum atomic E-state index is 12.1. The molecular weight excluding hydrogens is 228 g/mol. The number of ether oxygens (including phenoxy) is 2. The quantitative estimate of drug-likeness (QED) is 0.550. The predicted molar refractivity (Wildman–Crippen MR) is 72.5 cm³/mol. The molecule has 18 heavy (non-hydrogen) atoms. The Balaban J connectivity index is 2.71. The average molecular weight is 250 g/mol. The third-order valence-electron chi connectivity index (χ3n) is 2.94. The molecule has 0 aliphatic heterocycles. The Morgan fingerprint density at radius 2 is 1.94 bits per heavy atom. The Morgan fingerprint density at radius 3 is 2.56 bits per heavy atom. The van der Waals surface area contributed by atoms with Crippen LogP contribution in [0.4, 0.5) is 0 Å². The van der Waals surface area contributed by atoms with Gasteiger partial charge in [0.25, 0.3) is 0 Å². The molecule has 0 atom stereocenters. The van der Waals surface area contributed by atoms with Gasteiger partial charge in [-0.25, -0.2) is 0 Å². The van der Waals surface area contributed by atoms with Crippen molar-refractivity contribution in [3.8, 4) is 5.75 Å². The minimum Gasteiger partial charge on any atom is -0.496 e. The number of hydrogen-bond acceptors (Lipinski definition) is 3. The van der Waals surface area contributed by atoms with Crippen LogP contribution in [0.5, 0.6) is 5.75 Å². The normalized spacial score (nSPS) is 10.4. The number of carbonyl (C=O) groups is 1. The Morgan fingerprint density at radius 1 is 1.22 bits per heavy atom. The Bertz CT molecular complexity index is 410. The highest BCUT2D eigenvalue weighted by molar-refractivity contribution is 5.97. The molecule has 0 aromatic heterocycles. The van der Waals surface area contributed by atoms with Crippen molar-refractivity contribution < 1.29 is 14.3 Å². The summed E-state index contributed by atoms with van der Waals surface area (Å²) in [6, 6.07) is 3.84. The van der Waals surface area contributed by atoms with Crippen LogP contribution in [-0.2, 0) is 4.74 Å². The smallest absolute Gasteiger partial charge is 0.163 e. The summed E-state index contributed by atoms with van der Waals surface area (Å²) in [5.41, 5.74) is 2.76. The molecule has 1 aromatic rings. The number of hydrogen-bond donors (Lipinski definition) is 0. The van der Waals surface area contributed by atoms with Crippen molar-refractivity contribution in [1.29, 1.82) is 0 Å². The van der Waals surface area contributed by atoms with E-state index in [0.29, 0.717) is 19.6 Å². The van der Waals surface area contributed by atoms with Crippen LogP contribution < -0.4 is 4.74 Å². The summed E-state index contributed by atoms with van der Waals surface area (Å²) in [7, 11) is 1.64. The molecule has 0 amide bonds. The van der Waals surface area contributed by atoms with Crippen molar-refractivity contribution in [2.75, 3.05) is 20.3 Å². The van der Waals surface area contributed by atoms with Crippen molar-refractivity contribution >= 4 is 5.78 Å². The fourth-order valence-corrected chi connectivity index (χ4v) is 1.92. The summed E-state index contributed by atoms with van der Waals surface area (Å²) in [5, 5.41) is 0. The molecule has 0 fully saturated rings. The van der Waals surface area contributed by atoms with Gasteiger partial charge >= 0.3 is 0 Å². The Hall–Kier alpha value is -1.35. The number of ketones is 1. The molecule has 1 rings (SSSR count). The van der Waals surface area contributed by atoms with Crippen molar-refractivity contribution in [3.63, 3.8) is 0 Å². The van der Waals surface area contributed by atoms with Crippen LogP contribution in [0.2, 0.25) is 0 Å². The third kappa shape index (κ3) is 3.84. The number of methoxy groups -OCH3 is 1. The van der Waals surface area contributed by atoms with Gasteiger partial charge in [-0.15, -0.1) is 0 Å². The van der Waals surface area contributed by atoms with Gasteiger partial charge in [-0.05, 0) is 50.5 Å². The highest BCUT2D eigenvalue weighted by Crippen LogP contribution is 2.23. The van der Waals surface area contributed by atoms with Crippen molar-refractivity contribution in [3.05, 3.63) is 28.8 Å². The summed E-state index contributed by atoms with van der Waals surface area (Å²) in [6.07, 6.45) is 1.31. The predicted octanol–water partition coefficient (Wildman–Crippen LogP) is 3.31. The lowest BCUT2D eigenvalue weighted by Crippen LogP contribution is -2.05. The van der Waals surface area contributed by atoms with Gasteiger partial charge in [0.1, 0.15) is 5.75 Å². The summed E-state index contributed by atoms with van der Waals surface area (Å²) >= 11 is 0. The van der Waals surface area contributed by atoms with E-state index in [9.17, 15) is 4.79 Å². The first-order valence-electron chi connectivity index (χ1n) is 6.36. The molecule has 0 aliphatic rings. The van der Waals surface area contributed by atoms with Crippen molar-refractivity contribution in [2.45, 2.75) is 33.6 Å². The fourth-order valence-electron chi connectivity index (χ4n) is 1.92. The number of carbonyl (C=O) groups excluding carboxylic acids is 1. The van der Waals surface area contributed by atoms with Gasteiger partial charge in [-0.3, -0.25) is 4.79 Å². The molecule has 0 N–H and O–H groups in total. The molecular formula is C15H22O3. The van der Waals surface area contributed by atoms with E-state index in [2.05, 4.69) is 0 Å². The number of aryl methyl sites for hydroxylation is 2. The lowest BCUT2D eigenvalue weighted by Gasteiger charge is -2.10. The second-order valence-electron chi connectivity index (χ2n) is 4.36. The number of benzene rings is 1. The molecule has 3 nitrogen and oxygen atoms in total. The maximum Gasteiger partial charge on any atom is 0.163 e. The first-order valence-corrected chi connectivity index (χ1v) is 6.36. The van der Waals surface area contributed by atoms with Crippen LogP contribution in [0, 0.1) is 13.8 Å². The van der Waals surface area contributed by atoms with E-state index in [0.717, 1.165) is 28.9 Å². The van der Waals surface area contributed by atoms with E-state index in [-0.39, 0.29) is 5.78 Å². The molecule has 0 saturated carbocycles. The first kappa shape index (κ1) is 14.7. The van der Waals surface area contributed by atoms with Gasteiger partial charge in [0.05, 0.1) is 7.11 Å². The van der Waals surface area contributed by atoms with Crippen LogP contribution in [0.1, 0.15) is 41.3 Å². The average Bonchev–Trinajstić information content (AvgIpc) is 2.36. The van der Waals surface area contributed by atoms with Gasteiger partial charge in [0.2, 0.25) is 0 Å². The van der Waals surface area contributed by atoms with Crippen molar-refractivity contribution in [1.82, 2.24) is 0 Å². The zero-order chi connectivity index (χ0) is 13.5. The summed E-state index contributed by atoms with van der Waals surface area (Å²) in [6.45, 7) is 7.21. The molecule has 0 spiro atoms. The second-order valence-corrected chi connectivity index (χ2v) is 4.36. The number of rotatable bonds is 7. The molecule has 3 heteroatoms. The molecule has 0 unspecified atom stereocenters. The SMILES string of the molecule is CCOCCCC(=O)c1cc(C)c(OC)cc1C. The lowest BCUT2D eigenvalue weighted by atomic mass is 9.98. The molecule has 0 saturated heterocycles. The van der Waals surface area contributed by atoms with Crippen LogP contribution in [0.15, 0.2) is 12.1 Å². The maximum absolute atomic E-state index is 12.1. The lowest BCUT2D eigenvalue weighted by molar-refractivity contribution is 0.0946. The highest BCUT2D eigenvalue weighted by Gasteiger charge is 2.11. The largest absolute Gasteiger partial charge is 0.496 e. The van der Waals surface area contributed by atoms with Crippen LogP contribution >= 0.6 is 0 Å². The van der Waals surface area contributed by atoms with E-state index >= 15 is 0 Å². The van der Waals surface area contributed by atoms with Gasteiger partial charge < -0.3 is 9.47 Å². The van der Waals surface area contributed by atoms with Crippen LogP contribution in [0.3, 0.4) is 0 Å². The molecule has 0 bridgehead atoms. The summed E-state index contributed by atoms with van der Waals surface area (Å²) < 4.78 is 10.5.